The maximum Gasteiger partial charge on any atom is 0.333 e. The molecule has 0 atom stereocenters. The lowest BCUT2D eigenvalue weighted by Crippen LogP contribution is -2.06. The molecule has 0 rings (SSSR count). The summed E-state index contributed by atoms with van der Waals surface area (Å²) in [6.07, 6.45) is 4.16. The molecule has 0 heterocycles. The third kappa shape index (κ3) is 4.37. The standard InChI is InChI=1S/C9H14O2/c1-4-6-7-11-9(10)8(3)5-2/h4-5H,1,6-7H2,2-3H3/b8-5+. The van der Waals surface area contributed by atoms with Crippen LogP contribution in [0.2, 0.25) is 0 Å². The number of hydrogen-bond donors (Lipinski definition) is 0. The summed E-state index contributed by atoms with van der Waals surface area (Å²) in [5, 5.41) is 0. The van der Waals surface area contributed by atoms with E-state index in [1.807, 2.05) is 6.92 Å². The number of allylic oxidation sites excluding steroid dienone is 1. The molecule has 0 N–H and O–H groups in total. The van der Waals surface area contributed by atoms with Gasteiger partial charge in [0.1, 0.15) is 0 Å². The van der Waals surface area contributed by atoms with Crippen molar-refractivity contribution in [3.63, 3.8) is 0 Å². The van der Waals surface area contributed by atoms with Crippen LogP contribution in [0, 0.1) is 0 Å². The van der Waals surface area contributed by atoms with Crippen LogP contribution in [0.5, 0.6) is 0 Å². The molecule has 0 spiro atoms. The van der Waals surface area contributed by atoms with Gasteiger partial charge in [-0.3, -0.25) is 0 Å². The van der Waals surface area contributed by atoms with Gasteiger partial charge in [0, 0.05) is 5.57 Å². The van der Waals surface area contributed by atoms with Crippen LogP contribution in [-0.2, 0) is 9.53 Å². The predicted molar refractivity (Wildman–Crippen MR) is 45.2 cm³/mol. The van der Waals surface area contributed by atoms with Crippen molar-refractivity contribution in [1.82, 2.24) is 0 Å². The molecule has 11 heavy (non-hydrogen) atoms. The van der Waals surface area contributed by atoms with Gasteiger partial charge in [0.25, 0.3) is 0 Å². The van der Waals surface area contributed by atoms with E-state index in [9.17, 15) is 4.79 Å². The van der Waals surface area contributed by atoms with Crippen molar-refractivity contribution in [1.29, 1.82) is 0 Å². The highest BCUT2D eigenvalue weighted by atomic mass is 16.5. The maximum absolute atomic E-state index is 10.9. The molecule has 0 aliphatic carbocycles. The summed E-state index contributed by atoms with van der Waals surface area (Å²) in [5.74, 6) is -0.241. The van der Waals surface area contributed by atoms with E-state index in [2.05, 4.69) is 6.58 Å². The van der Waals surface area contributed by atoms with Gasteiger partial charge >= 0.3 is 5.97 Å². The highest BCUT2D eigenvalue weighted by Crippen LogP contribution is 1.96. The molecule has 62 valence electrons. The molecule has 0 aromatic heterocycles. The summed E-state index contributed by atoms with van der Waals surface area (Å²) < 4.78 is 4.86. The van der Waals surface area contributed by atoms with Crippen molar-refractivity contribution in [2.24, 2.45) is 0 Å². The zero-order valence-corrected chi connectivity index (χ0v) is 7.09. The molecular formula is C9H14O2. The number of esters is 1. The van der Waals surface area contributed by atoms with E-state index in [0.29, 0.717) is 18.6 Å². The second kappa shape index (κ2) is 5.71. The van der Waals surface area contributed by atoms with E-state index < -0.39 is 0 Å². The Labute approximate surface area is 67.6 Å². The van der Waals surface area contributed by atoms with Gasteiger partial charge in [-0.1, -0.05) is 12.2 Å². The highest BCUT2D eigenvalue weighted by Gasteiger charge is 2.01. The SMILES string of the molecule is C=CCCOC(=O)/C(C)=C/C. The van der Waals surface area contributed by atoms with Gasteiger partial charge in [-0.15, -0.1) is 6.58 Å². The number of carbonyl (C=O) groups is 1. The third-order valence-electron chi connectivity index (χ3n) is 1.31. The molecule has 0 aliphatic heterocycles. The van der Waals surface area contributed by atoms with Gasteiger partial charge in [-0.25, -0.2) is 4.79 Å². The van der Waals surface area contributed by atoms with Crippen molar-refractivity contribution in [3.8, 4) is 0 Å². The topological polar surface area (TPSA) is 26.3 Å². The largest absolute Gasteiger partial charge is 0.462 e. The first-order valence-corrected chi connectivity index (χ1v) is 3.63. The first-order valence-electron chi connectivity index (χ1n) is 3.63. The number of carbonyl (C=O) groups excluding carboxylic acids is 1. The second-order valence-corrected chi connectivity index (χ2v) is 2.18. The number of hydrogen-bond acceptors (Lipinski definition) is 2. The minimum absolute atomic E-state index is 0.241. The monoisotopic (exact) mass is 154 g/mol. The lowest BCUT2D eigenvalue weighted by Gasteiger charge is -2.01. The van der Waals surface area contributed by atoms with Crippen LogP contribution >= 0.6 is 0 Å². The summed E-state index contributed by atoms with van der Waals surface area (Å²) >= 11 is 0. The van der Waals surface area contributed by atoms with Crippen LogP contribution in [0.3, 0.4) is 0 Å². The van der Waals surface area contributed by atoms with Crippen LogP contribution in [0.25, 0.3) is 0 Å². The molecular weight excluding hydrogens is 140 g/mol. The van der Waals surface area contributed by atoms with Gasteiger partial charge in [0.05, 0.1) is 6.61 Å². The van der Waals surface area contributed by atoms with Crippen molar-refractivity contribution in [2.75, 3.05) is 6.61 Å². The van der Waals surface area contributed by atoms with Gasteiger partial charge in [0.15, 0.2) is 0 Å². The van der Waals surface area contributed by atoms with Gasteiger partial charge in [0.2, 0.25) is 0 Å². The van der Waals surface area contributed by atoms with Gasteiger partial charge < -0.3 is 4.74 Å². The van der Waals surface area contributed by atoms with E-state index in [1.165, 1.54) is 0 Å². The first kappa shape index (κ1) is 9.95. The molecule has 0 fully saturated rings. The van der Waals surface area contributed by atoms with Gasteiger partial charge in [-0.05, 0) is 20.3 Å². The molecule has 2 nitrogen and oxygen atoms in total. The molecule has 0 bridgehead atoms. The lowest BCUT2D eigenvalue weighted by atomic mass is 10.3. The molecule has 0 unspecified atom stereocenters. The Balaban J connectivity index is 3.61. The Hall–Kier alpha value is -1.05. The third-order valence-corrected chi connectivity index (χ3v) is 1.31. The first-order chi connectivity index (χ1) is 5.22. The maximum atomic E-state index is 10.9. The molecule has 0 aliphatic rings. The van der Waals surface area contributed by atoms with Crippen molar-refractivity contribution < 1.29 is 9.53 Å². The number of rotatable bonds is 4. The Morgan fingerprint density at radius 1 is 1.64 bits per heavy atom. The summed E-state index contributed by atoms with van der Waals surface area (Å²) in [4.78, 5) is 10.9. The fourth-order valence-corrected chi connectivity index (χ4v) is 0.467. The normalized spacial score (nSPS) is 10.9. The van der Waals surface area contributed by atoms with Crippen molar-refractivity contribution >= 4 is 5.97 Å². The van der Waals surface area contributed by atoms with E-state index in [0.717, 1.165) is 0 Å². The summed E-state index contributed by atoms with van der Waals surface area (Å²) in [6, 6.07) is 0. The summed E-state index contributed by atoms with van der Waals surface area (Å²) in [6.45, 7) is 7.48. The Morgan fingerprint density at radius 2 is 2.27 bits per heavy atom. The van der Waals surface area contributed by atoms with E-state index in [4.69, 9.17) is 4.74 Å². The fraction of sp³-hybridized carbons (Fsp3) is 0.444. The summed E-state index contributed by atoms with van der Waals surface area (Å²) in [7, 11) is 0. The second-order valence-electron chi connectivity index (χ2n) is 2.18. The quantitative estimate of drug-likeness (QED) is 0.268. The summed E-state index contributed by atoms with van der Waals surface area (Å²) in [5.41, 5.74) is 0.647. The van der Waals surface area contributed by atoms with Crippen molar-refractivity contribution in [2.45, 2.75) is 20.3 Å². The van der Waals surface area contributed by atoms with Crippen LogP contribution < -0.4 is 0 Å². The van der Waals surface area contributed by atoms with E-state index in [1.54, 1.807) is 19.1 Å². The van der Waals surface area contributed by atoms with E-state index >= 15 is 0 Å². The Bertz CT molecular complexity index is 168. The average Bonchev–Trinajstić information content (AvgIpc) is 2.03. The van der Waals surface area contributed by atoms with Crippen LogP contribution in [0.15, 0.2) is 24.3 Å². The molecule has 0 aromatic rings. The smallest absolute Gasteiger partial charge is 0.333 e. The lowest BCUT2D eigenvalue weighted by molar-refractivity contribution is -0.138. The Kier molecular flexibility index (Phi) is 5.17. The highest BCUT2D eigenvalue weighted by molar-refractivity contribution is 5.87. The van der Waals surface area contributed by atoms with Crippen LogP contribution in [-0.4, -0.2) is 12.6 Å². The predicted octanol–water partition coefficient (Wildman–Crippen LogP) is 2.07. The molecule has 0 radical (unpaired) electrons. The fourth-order valence-electron chi connectivity index (χ4n) is 0.467. The van der Waals surface area contributed by atoms with E-state index in [-0.39, 0.29) is 5.97 Å². The minimum atomic E-state index is -0.241. The Morgan fingerprint density at radius 3 is 2.73 bits per heavy atom. The average molecular weight is 154 g/mol. The molecule has 0 aromatic carbocycles. The van der Waals surface area contributed by atoms with Crippen LogP contribution in [0.4, 0.5) is 0 Å². The van der Waals surface area contributed by atoms with Gasteiger partial charge in [-0.2, -0.15) is 0 Å². The molecule has 0 saturated carbocycles. The van der Waals surface area contributed by atoms with Crippen molar-refractivity contribution in [3.05, 3.63) is 24.3 Å². The molecule has 0 saturated heterocycles. The number of ether oxygens (including phenoxy) is 1. The zero-order chi connectivity index (χ0) is 8.69. The minimum Gasteiger partial charge on any atom is -0.462 e. The molecule has 2 heteroatoms. The van der Waals surface area contributed by atoms with Crippen LogP contribution in [0.1, 0.15) is 20.3 Å². The molecule has 0 amide bonds. The zero-order valence-electron chi connectivity index (χ0n) is 7.09.